The number of pyridine rings is 1. The van der Waals surface area contributed by atoms with Gasteiger partial charge in [-0.15, -0.1) is 0 Å². The van der Waals surface area contributed by atoms with Gasteiger partial charge in [-0.1, -0.05) is 12.1 Å². The lowest BCUT2D eigenvalue weighted by atomic mass is 9.98. The molecule has 7 heteroatoms. The molecule has 7 nitrogen and oxygen atoms in total. The number of rotatable bonds is 4. The van der Waals surface area contributed by atoms with Gasteiger partial charge in [-0.25, -0.2) is 0 Å². The minimum Gasteiger partial charge on any atom is -0.382 e. The van der Waals surface area contributed by atoms with Crippen LogP contribution in [-0.4, -0.2) is 60.7 Å². The monoisotopic (exact) mass is 441 g/mol. The summed E-state index contributed by atoms with van der Waals surface area (Å²) in [6, 6.07) is 16.4. The van der Waals surface area contributed by atoms with Crippen molar-refractivity contribution in [2.45, 2.75) is 25.0 Å². The fourth-order valence-corrected chi connectivity index (χ4v) is 4.64. The second kappa shape index (κ2) is 9.57. The molecule has 168 valence electrons. The van der Waals surface area contributed by atoms with Crippen LogP contribution in [0.1, 0.15) is 18.4 Å². The Balaban J connectivity index is 1.33. The van der Waals surface area contributed by atoms with Gasteiger partial charge in [0, 0.05) is 55.7 Å². The van der Waals surface area contributed by atoms with Crippen molar-refractivity contribution >= 4 is 22.4 Å². The van der Waals surface area contributed by atoms with Crippen LogP contribution in [0, 0.1) is 11.3 Å². The summed E-state index contributed by atoms with van der Waals surface area (Å²) in [5, 5.41) is 18.4. The molecule has 1 atom stereocenters. The normalized spacial score (nSPS) is 19.2. The Morgan fingerprint density at radius 1 is 1.18 bits per heavy atom. The first kappa shape index (κ1) is 21.4. The Morgan fingerprint density at radius 2 is 2.06 bits per heavy atom. The largest absolute Gasteiger partial charge is 0.382 e. The van der Waals surface area contributed by atoms with E-state index in [0.29, 0.717) is 18.7 Å². The van der Waals surface area contributed by atoms with Crippen LogP contribution in [-0.2, 0) is 9.53 Å². The number of morpholine rings is 1. The number of aromatic nitrogens is 1. The second-order valence-corrected chi connectivity index (χ2v) is 8.62. The Morgan fingerprint density at radius 3 is 2.85 bits per heavy atom. The van der Waals surface area contributed by atoms with E-state index >= 15 is 0 Å². The predicted octanol–water partition coefficient (Wildman–Crippen LogP) is 3.16. The minimum absolute atomic E-state index is 0.0923. The van der Waals surface area contributed by atoms with E-state index in [0.717, 1.165) is 60.1 Å². The zero-order chi connectivity index (χ0) is 22.6. The standard InChI is InChI=1S/C26H27N5O2/c27-15-18-2-1-3-19(12-18)21-13-20-4-7-28-16-23(20)24(14-21)30-22-5-9-31(10-6-22)26(32)25-17-29-8-11-33-25/h1-4,7,12-14,16,22,25,29-30H,5-6,8-11,17H2. The van der Waals surface area contributed by atoms with Crippen molar-refractivity contribution in [2.75, 3.05) is 38.1 Å². The van der Waals surface area contributed by atoms with Crippen LogP contribution in [0.15, 0.2) is 54.9 Å². The third kappa shape index (κ3) is 4.68. The third-order valence-electron chi connectivity index (χ3n) is 6.45. The topological polar surface area (TPSA) is 90.3 Å². The first-order valence-corrected chi connectivity index (χ1v) is 11.5. The van der Waals surface area contributed by atoms with Gasteiger partial charge >= 0.3 is 0 Å². The lowest BCUT2D eigenvalue weighted by Gasteiger charge is -2.36. The van der Waals surface area contributed by atoms with Gasteiger partial charge in [-0.2, -0.15) is 5.26 Å². The molecule has 0 spiro atoms. The lowest BCUT2D eigenvalue weighted by molar-refractivity contribution is -0.146. The highest BCUT2D eigenvalue weighted by atomic mass is 16.5. The van der Waals surface area contributed by atoms with Crippen LogP contribution in [0.2, 0.25) is 0 Å². The smallest absolute Gasteiger partial charge is 0.253 e. The van der Waals surface area contributed by atoms with Gasteiger partial charge in [0.1, 0.15) is 6.10 Å². The van der Waals surface area contributed by atoms with Crippen molar-refractivity contribution in [3.63, 3.8) is 0 Å². The van der Waals surface area contributed by atoms with E-state index in [4.69, 9.17) is 4.74 Å². The minimum atomic E-state index is -0.362. The molecular weight excluding hydrogens is 414 g/mol. The summed E-state index contributed by atoms with van der Waals surface area (Å²) < 4.78 is 5.64. The molecule has 0 radical (unpaired) electrons. The van der Waals surface area contributed by atoms with Crippen LogP contribution < -0.4 is 10.6 Å². The number of carbonyl (C=O) groups is 1. The van der Waals surface area contributed by atoms with Gasteiger partial charge < -0.3 is 20.3 Å². The van der Waals surface area contributed by atoms with Crippen molar-refractivity contribution in [1.29, 1.82) is 5.26 Å². The number of benzene rings is 2. The average Bonchev–Trinajstić information content (AvgIpc) is 2.89. The number of carbonyl (C=O) groups excluding carboxylic acids is 1. The van der Waals surface area contributed by atoms with Crippen molar-refractivity contribution in [3.8, 4) is 17.2 Å². The fourth-order valence-electron chi connectivity index (χ4n) is 4.64. The molecule has 3 heterocycles. The van der Waals surface area contributed by atoms with Crippen molar-refractivity contribution in [1.82, 2.24) is 15.2 Å². The fraction of sp³-hybridized carbons (Fsp3) is 0.346. The summed E-state index contributed by atoms with van der Waals surface area (Å²) in [4.78, 5) is 19.0. The highest BCUT2D eigenvalue weighted by Crippen LogP contribution is 2.32. The SMILES string of the molecule is N#Cc1cccc(-c2cc(NC3CCN(C(=O)C4CNCCO4)CC3)c3cnccc3c2)c1. The maximum atomic E-state index is 12.8. The third-order valence-corrected chi connectivity index (χ3v) is 6.45. The average molecular weight is 442 g/mol. The highest BCUT2D eigenvalue weighted by Gasteiger charge is 2.30. The Bertz CT molecular complexity index is 1190. The van der Waals surface area contributed by atoms with E-state index in [-0.39, 0.29) is 18.1 Å². The Labute approximate surface area is 193 Å². The van der Waals surface area contributed by atoms with Gasteiger partial charge in [0.05, 0.1) is 18.2 Å². The molecule has 2 aliphatic heterocycles. The molecule has 1 unspecified atom stereocenters. The van der Waals surface area contributed by atoms with Crippen molar-refractivity contribution in [3.05, 3.63) is 60.4 Å². The number of hydrogen-bond acceptors (Lipinski definition) is 6. The number of amides is 1. The highest BCUT2D eigenvalue weighted by molar-refractivity contribution is 5.97. The molecule has 1 amide bonds. The van der Waals surface area contributed by atoms with E-state index in [1.807, 2.05) is 41.4 Å². The maximum Gasteiger partial charge on any atom is 0.253 e. The summed E-state index contributed by atoms with van der Waals surface area (Å²) in [6.45, 7) is 3.42. The van der Waals surface area contributed by atoms with Gasteiger partial charge in [-0.3, -0.25) is 9.78 Å². The summed E-state index contributed by atoms with van der Waals surface area (Å²) in [6.07, 6.45) is 5.08. The zero-order valence-corrected chi connectivity index (χ0v) is 18.5. The van der Waals surface area contributed by atoms with E-state index < -0.39 is 0 Å². The van der Waals surface area contributed by atoms with Crippen LogP contribution >= 0.6 is 0 Å². The number of nitriles is 1. The number of nitrogens with zero attached hydrogens (tertiary/aromatic N) is 3. The first-order chi connectivity index (χ1) is 16.2. The number of nitrogens with one attached hydrogen (secondary N) is 2. The second-order valence-electron chi connectivity index (χ2n) is 8.62. The van der Waals surface area contributed by atoms with Crippen molar-refractivity contribution < 1.29 is 9.53 Å². The summed E-state index contributed by atoms with van der Waals surface area (Å²) in [7, 11) is 0. The lowest BCUT2D eigenvalue weighted by Crippen LogP contribution is -2.52. The van der Waals surface area contributed by atoms with Gasteiger partial charge in [0.2, 0.25) is 0 Å². The number of ether oxygens (including phenoxy) is 1. The molecule has 2 saturated heterocycles. The van der Waals surface area contributed by atoms with Gasteiger partial charge in [0.25, 0.3) is 5.91 Å². The van der Waals surface area contributed by atoms with E-state index in [1.165, 1.54) is 0 Å². The number of hydrogen-bond donors (Lipinski definition) is 2. The summed E-state index contributed by atoms with van der Waals surface area (Å²) >= 11 is 0. The van der Waals surface area contributed by atoms with Crippen LogP contribution in [0.5, 0.6) is 0 Å². The molecule has 2 N–H and O–H groups in total. The molecule has 0 aliphatic carbocycles. The number of fused-ring (bicyclic) bond motifs is 1. The number of piperidine rings is 1. The Hall–Kier alpha value is -3.47. The van der Waals surface area contributed by atoms with Crippen LogP contribution in [0.25, 0.3) is 21.9 Å². The summed E-state index contributed by atoms with van der Waals surface area (Å²) in [5.41, 5.74) is 3.74. The van der Waals surface area contributed by atoms with Gasteiger partial charge in [0.15, 0.2) is 0 Å². The molecular formula is C26H27N5O2. The molecule has 3 aromatic rings. The molecule has 0 bridgehead atoms. The van der Waals surface area contributed by atoms with Gasteiger partial charge in [-0.05, 0) is 59.7 Å². The van der Waals surface area contributed by atoms with E-state index in [1.54, 1.807) is 6.20 Å². The Kier molecular flexibility index (Phi) is 6.20. The van der Waals surface area contributed by atoms with Crippen molar-refractivity contribution in [2.24, 2.45) is 0 Å². The van der Waals surface area contributed by atoms with E-state index in [2.05, 4.69) is 33.8 Å². The summed E-state index contributed by atoms with van der Waals surface area (Å²) in [5.74, 6) is 0.0923. The molecule has 2 aromatic carbocycles. The first-order valence-electron chi connectivity index (χ1n) is 11.5. The van der Waals surface area contributed by atoms with Crippen LogP contribution in [0.4, 0.5) is 5.69 Å². The molecule has 2 aliphatic rings. The molecule has 0 saturated carbocycles. The van der Waals surface area contributed by atoms with Crippen LogP contribution in [0.3, 0.4) is 0 Å². The zero-order valence-electron chi connectivity index (χ0n) is 18.5. The molecule has 2 fully saturated rings. The quantitative estimate of drug-likeness (QED) is 0.646. The maximum absolute atomic E-state index is 12.8. The molecule has 33 heavy (non-hydrogen) atoms. The number of likely N-dealkylation sites (tertiary alicyclic amines) is 1. The molecule has 5 rings (SSSR count). The predicted molar refractivity (Wildman–Crippen MR) is 128 cm³/mol. The number of anilines is 1. The molecule has 1 aromatic heterocycles. The van der Waals surface area contributed by atoms with E-state index in [9.17, 15) is 10.1 Å².